The topological polar surface area (TPSA) is 0 Å². The molecule has 0 radical (unpaired) electrons. The molecule has 0 atom stereocenters. The molecule has 1 aromatic rings. The average molecular weight is 451 g/mol. The summed E-state index contributed by atoms with van der Waals surface area (Å²) < 4.78 is 4.90. The van der Waals surface area contributed by atoms with Crippen LogP contribution in [0.2, 0.25) is 4.47 Å². The zero-order chi connectivity index (χ0) is 14.5. The molecule has 0 amide bonds. The minimum atomic E-state index is 0.103. The molecular weight excluding hydrogens is 423 g/mol. The van der Waals surface area contributed by atoms with Crippen LogP contribution >= 0.6 is 0 Å². The van der Waals surface area contributed by atoms with Gasteiger partial charge in [-0.15, -0.1) is 0 Å². The summed E-state index contributed by atoms with van der Waals surface area (Å²) in [6.07, 6.45) is 12.3. The first kappa shape index (κ1) is 18.3. The molecule has 0 heterocycles. The van der Waals surface area contributed by atoms with Crippen LogP contribution in [0.4, 0.5) is 0 Å². The van der Waals surface area contributed by atoms with Gasteiger partial charge < -0.3 is 0 Å². The molecule has 1 rings (SSSR count). The Balaban J connectivity index is 2.44. The van der Waals surface area contributed by atoms with E-state index >= 15 is 0 Å². The van der Waals surface area contributed by atoms with Gasteiger partial charge in [-0.25, -0.2) is 0 Å². The molecule has 1 aromatic carbocycles. The monoisotopic (exact) mass is 454 g/mol. The van der Waals surface area contributed by atoms with Crippen LogP contribution < -0.4 is 4.46 Å². The van der Waals surface area contributed by atoms with Crippen molar-refractivity contribution < 1.29 is 0 Å². The molecule has 0 bridgehead atoms. The SMILES string of the molecule is CCCCCC/C=C(\[Se]c1ccccc1)[Te]CCCC. The first-order valence-electron chi connectivity index (χ1n) is 7.92. The molecule has 2 heteroatoms. The van der Waals surface area contributed by atoms with Gasteiger partial charge >= 0.3 is 143 Å². The van der Waals surface area contributed by atoms with Crippen molar-refractivity contribution in [1.82, 2.24) is 0 Å². The zero-order valence-electron chi connectivity index (χ0n) is 12.9. The van der Waals surface area contributed by atoms with Crippen molar-refractivity contribution in [2.75, 3.05) is 0 Å². The average Bonchev–Trinajstić information content (AvgIpc) is 2.48. The molecule has 0 saturated heterocycles. The number of hydrogen-bond acceptors (Lipinski definition) is 0. The molecule has 0 aliphatic carbocycles. The van der Waals surface area contributed by atoms with Gasteiger partial charge in [0, 0.05) is 0 Å². The van der Waals surface area contributed by atoms with Gasteiger partial charge in [0.05, 0.1) is 0 Å². The third kappa shape index (κ3) is 9.25. The molecule has 0 fully saturated rings. The van der Waals surface area contributed by atoms with Gasteiger partial charge in [0.2, 0.25) is 0 Å². The van der Waals surface area contributed by atoms with Gasteiger partial charge in [-0.05, 0) is 0 Å². The summed E-state index contributed by atoms with van der Waals surface area (Å²) in [5.41, 5.74) is 0. The predicted octanol–water partition coefficient (Wildman–Crippen LogP) is 4.75. The molecule has 0 N–H and O–H groups in total. The summed E-state index contributed by atoms with van der Waals surface area (Å²) >= 11 is 0.702. The Kier molecular flexibility index (Phi) is 11.9. The normalized spacial score (nSPS) is 11.8. The Hall–Kier alpha value is 0.269. The van der Waals surface area contributed by atoms with Crippen molar-refractivity contribution in [3.8, 4) is 0 Å². The Labute approximate surface area is 142 Å². The van der Waals surface area contributed by atoms with Crippen LogP contribution in [0.3, 0.4) is 0 Å². The van der Waals surface area contributed by atoms with Gasteiger partial charge in [0.1, 0.15) is 0 Å². The molecule has 0 aliphatic heterocycles. The summed E-state index contributed by atoms with van der Waals surface area (Å²) in [7, 11) is 0. The van der Waals surface area contributed by atoms with Gasteiger partial charge in [0.15, 0.2) is 0 Å². The van der Waals surface area contributed by atoms with E-state index in [4.69, 9.17) is 0 Å². The standard InChI is InChI=1S/C18H28SeTe/c1-3-5-7-8-12-15-18(20-16-6-4-2)19-17-13-10-9-11-14-17/h9-11,13-15H,3-8,12,16H2,1-2H3/b18-15+. The minimum absolute atomic E-state index is 0.103. The Morgan fingerprint density at radius 1 is 1.00 bits per heavy atom. The fraction of sp³-hybridized carbons (Fsp3) is 0.556. The van der Waals surface area contributed by atoms with E-state index in [2.05, 4.69) is 50.3 Å². The summed E-state index contributed by atoms with van der Waals surface area (Å²) in [4.78, 5) is 0. The van der Waals surface area contributed by atoms with E-state index in [9.17, 15) is 0 Å². The molecule has 112 valence electrons. The molecule has 20 heavy (non-hydrogen) atoms. The van der Waals surface area contributed by atoms with Crippen LogP contribution in [0.5, 0.6) is 0 Å². The van der Waals surface area contributed by atoms with Crippen LogP contribution in [-0.4, -0.2) is 35.9 Å². The fourth-order valence-electron chi connectivity index (χ4n) is 1.84. The Bertz CT molecular complexity index is 359. The quantitative estimate of drug-likeness (QED) is 0.337. The van der Waals surface area contributed by atoms with Crippen molar-refractivity contribution in [3.05, 3.63) is 38.9 Å². The molecule has 0 spiro atoms. The van der Waals surface area contributed by atoms with E-state index < -0.39 is 0 Å². The third-order valence-corrected chi connectivity index (χ3v) is 10.5. The molecule has 0 unspecified atom stereocenters. The Morgan fingerprint density at radius 3 is 2.45 bits per heavy atom. The van der Waals surface area contributed by atoms with Crippen LogP contribution in [0.15, 0.2) is 38.9 Å². The zero-order valence-corrected chi connectivity index (χ0v) is 17.0. The number of allylic oxidation sites excluding steroid dienone is 1. The van der Waals surface area contributed by atoms with Crippen molar-refractivity contribution in [3.63, 3.8) is 0 Å². The molecule has 0 nitrogen and oxygen atoms in total. The number of unbranched alkanes of at least 4 members (excludes halogenated alkanes) is 5. The molecular formula is C18H28SeTe. The van der Waals surface area contributed by atoms with Crippen molar-refractivity contribution in [1.29, 1.82) is 0 Å². The second-order valence-corrected chi connectivity index (χ2v) is 12.4. The Morgan fingerprint density at radius 2 is 1.75 bits per heavy atom. The third-order valence-electron chi connectivity index (χ3n) is 3.07. The summed E-state index contributed by atoms with van der Waals surface area (Å²) in [6.45, 7) is 4.60. The molecule has 0 saturated carbocycles. The summed E-state index contributed by atoms with van der Waals surface area (Å²) in [5, 5.41) is 0. The van der Waals surface area contributed by atoms with Gasteiger partial charge in [-0.1, -0.05) is 0 Å². The van der Waals surface area contributed by atoms with Crippen LogP contribution in [0, 0.1) is 0 Å². The van der Waals surface area contributed by atoms with E-state index in [1.807, 2.05) is 2.52 Å². The van der Waals surface area contributed by atoms with Gasteiger partial charge in [0.25, 0.3) is 0 Å². The van der Waals surface area contributed by atoms with Crippen molar-refractivity contribution in [2.45, 2.75) is 63.3 Å². The first-order valence-corrected chi connectivity index (χ1v) is 12.4. The summed E-state index contributed by atoms with van der Waals surface area (Å²) in [5.74, 6) is 0. The number of benzene rings is 1. The van der Waals surface area contributed by atoms with Gasteiger partial charge in [-0.2, -0.15) is 0 Å². The van der Waals surface area contributed by atoms with Crippen LogP contribution in [0.25, 0.3) is 0 Å². The van der Waals surface area contributed by atoms with E-state index in [-0.39, 0.29) is 20.9 Å². The van der Waals surface area contributed by atoms with Crippen LogP contribution in [0.1, 0.15) is 58.8 Å². The van der Waals surface area contributed by atoms with Gasteiger partial charge in [-0.3, -0.25) is 0 Å². The predicted molar refractivity (Wildman–Crippen MR) is 94.1 cm³/mol. The molecule has 0 aromatic heterocycles. The van der Waals surface area contributed by atoms with Crippen molar-refractivity contribution in [2.24, 2.45) is 0 Å². The fourth-order valence-corrected chi connectivity index (χ4v) is 9.45. The maximum atomic E-state index is 2.61. The van der Waals surface area contributed by atoms with E-state index in [0.717, 1.165) is 0 Å². The molecule has 0 aliphatic rings. The van der Waals surface area contributed by atoms with E-state index in [1.54, 1.807) is 4.46 Å². The van der Waals surface area contributed by atoms with E-state index in [1.165, 1.54) is 49.4 Å². The second kappa shape index (κ2) is 13.0. The summed E-state index contributed by atoms with van der Waals surface area (Å²) in [6, 6.07) is 11.1. The number of hydrogen-bond donors (Lipinski definition) is 0. The number of rotatable bonds is 11. The van der Waals surface area contributed by atoms with E-state index in [0.29, 0.717) is 15.0 Å². The van der Waals surface area contributed by atoms with Crippen LogP contribution in [-0.2, 0) is 0 Å². The maximum absolute atomic E-state index is 2.61. The first-order chi connectivity index (χ1) is 9.86. The second-order valence-electron chi connectivity index (χ2n) is 4.99. The van der Waals surface area contributed by atoms with Crippen molar-refractivity contribution >= 4 is 40.3 Å².